The molecule has 0 aromatic heterocycles. The van der Waals surface area contributed by atoms with Crippen LogP contribution in [0.1, 0.15) is 18.9 Å². The average molecular weight is 242 g/mol. The zero-order valence-electron chi connectivity index (χ0n) is 9.44. The Morgan fingerprint density at radius 1 is 1.56 bits per heavy atom. The van der Waals surface area contributed by atoms with Crippen molar-refractivity contribution in [3.8, 4) is 0 Å². The van der Waals surface area contributed by atoms with Gasteiger partial charge in [0.15, 0.2) is 5.84 Å². The zero-order valence-corrected chi connectivity index (χ0v) is 10.2. The second kappa shape index (κ2) is 5.61. The summed E-state index contributed by atoms with van der Waals surface area (Å²) in [7, 11) is 1.95. The van der Waals surface area contributed by atoms with Crippen molar-refractivity contribution in [2.24, 2.45) is 10.9 Å². The number of amidine groups is 1. The SMILES string of the molecule is CCCN(C)c1cccc(Cl)c1C(N)=NO. The molecule has 5 heteroatoms. The third-order valence-electron chi connectivity index (χ3n) is 2.33. The van der Waals surface area contributed by atoms with Crippen LogP contribution in [0.25, 0.3) is 0 Å². The third kappa shape index (κ3) is 2.58. The van der Waals surface area contributed by atoms with Crippen LogP contribution in [-0.4, -0.2) is 24.6 Å². The van der Waals surface area contributed by atoms with Crippen LogP contribution in [0.2, 0.25) is 5.02 Å². The highest BCUT2D eigenvalue weighted by molar-refractivity contribution is 6.34. The molecule has 3 N–H and O–H groups in total. The first-order chi connectivity index (χ1) is 7.61. The van der Waals surface area contributed by atoms with E-state index in [1.165, 1.54) is 0 Å². The standard InChI is InChI=1S/C11H16ClN3O/c1-3-7-15(2)9-6-4-5-8(12)10(9)11(13)14-16/h4-6,16H,3,7H2,1-2H3,(H2,13,14). The molecule has 0 bridgehead atoms. The molecular weight excluding hydrogens is 226 g/mol. The molecule has 88 valence electrons. The van der Waals surface area contributed by atoms with Crippen LogP contribution >= 0.6 is 11.6 Å². The van der Waals surface area contributed by atoms with Crippen molar-refractivity contribution in [1.82, 2.24) is 0 Å². The highest BCUT2D eigenvalue weighted by atomic mass is 35.5. The highest BCUT2D eigenvalue weighted by Gasteiger charge is 2.14. The van der Waals surface area contributed by atoms with Gasteiger partial charge in [0, 0.05) is 19.3 Å². The number of nitrogens with zero attached hydrogens (tertiary/aromatic N) is 2. The minimum atomic E-state index is 0.0311. The topological polar surface area (TPSA) is 61.8 Å². The lowest BCUT2D eigenvalue weighted by molar-refractivity contribution is 0.318. The Morgan fingerprint density at radius 3 is 2.81 bits per heavy atom. The molecule has 0 aliphatic rings. The molecule has 0 aliphatic carbocycles. The van der Waals surface area contributed by atoms with Gasteiger partial charge in [0.2, 0.25) is 0 Å². The molecule has 0 fully saturated rings. The van der Waals surface area contributed by atoms with Gasteiger partial charge in [-0.2, -0.15) is 0 Å². The van der Waals surface area contributed by atoms with Crippen molar-refractivity contribution in [3.63, 3.8) is 0 Å². The Kier molecular flexibility index (Phi) is 4.43. The summed E-state index contributed by atoms with van der Waals surface area (Å²) < 4.78 is 0. The van der Waals surface area contributed by atoms with E-state index in [0.29, 0.717) is 10.6 Å². The van der Waals surface area contributed by atoms with E-state index in [2.05, 4.69) is 12.1 Å². The minimum Gasteiger partial charge on any atom is -0.409 e. The van der Waals surface area contributed by atoms with Gasteiger partial charge in [-0.15, -0.1) is 0 Å². The summed E-state index contributed by atoms with van der Waals surface area (Å²) in [5.41, 5.74) is 7.06. The maximum Gasteiger partial charge on any atom is 0.173 e. The summed E-state index contributed by atoms with van der Waals surface area (Å²) >= 11 is 6.05. The molecule has 0 spiro atoms. The smallest absolute Gasteiger partial charge is 0.173 e. The Morgan fingerprint density at radius 2 is 2.25 bits per heavy atom. The van der Waals surface area contributed by atoms with E-state index in [1.54, 1.807) is 6.07 Å². The largest absolute Gasteiger partial charge is 0.409 e. The van der Waals surface area contributed by atoms with Crippen molar-refractivity contribution in [2.75, 3.05) is 18.5 Å². The Hall–Kier alpha value is -1.42. The van der Waals surface area contributed by atoms with Crippen molar-refractivity contribution in [1.29, 1.82) is 0 Å². The number of oxime groups is 1. The van der Waals surface area contributed by atoms with Crippen LogP contribution in [0.3, 0.4) is 0 Å². The van der Waals surface area contributed by atoms with Gasteiger partial charge in [-0.1, -0.05) is 29.7 Å². The number of halogens is 1. The number of benzene rings is 1. The number of anilines is 1. The Labute approximate surface area is 100 Å². The van der Waals surface area contributed by atoms with Gasteiger partial charge >= 0.3 is 0 Å². The molecular formula is C11H16ClN3O. The van der Waals surface area contributed by atoms with Gasteiger partial charge in [-0.25, -0.2) is 0 Å². The number of hydrogen-bond donors (Lipinski definition) is 2. The molecule has 0 aliphatic heterocycles. The van der Waals surface area contributed by atoms with Crippen LogP contribution in [0.15, 0.2) is 23.4 Å². The lowest BCUT2D eigenvalue weighted by atomic mass is 10.1. The molecule has 0 saturated heterocycles. The van der Waals surface area contributed by atoms with Crippen molar-refractivity contribution in [3.05, 3.63) is 28.8 Å². The second-order valence-electron chi connectivity index (χ2n) is 3.54. The highest BCUT2D eigenvalue weighted by Crippen LogP contribution is 2.26. The summed E-state index contributed by atoms with van der Waals surface area (Å²) in [6, 6.07) is 5.46. The van der Waals surface area contributed by atoms with Crippen LogP contribution in [0.4, 0.5) is 5.69 Å². The van der Waals surface area contributed by atoms with E-state index >= 15 is 0 Å². The first-order valence-electron chi connectivity index (χ1n) is 5.09. The maximum atomic E-state index is 8.73. The molecule has 1 aromatic carbocycles. The van der Waals surface area contributed by atoms with Crippen LogP contribution in [-0.2, 0) is 0 Å². The number of hydrogen-bond acceptors (Lipinski definition) is 3. The molecule has 1 rings (SSSR count). The summed E-state index contributed by atoms with van der Waals surface area (Å²) in [6.45, 7) is 2.97. The second-order valence-corrected chi connectivity index (χ2v) is 3.95. The fraction of sp³-hybridized carbons (Fsp3) is 0.364. The van der Waals surface area contributed by atoms with Gasteiger partial charge in [-0.3, -0.25) is 0 Å². The molecule has 4 nitrogen and oxygen atoms in total. The summed E-state index contributed by atoms with van der Waals surface area (Å²) in [4.78, 5) is 2.03. The van der Waals surface area contributed by atoms with Crippen molar-refractivity contribution < 1.29 is 5.21 Å². The van der Waals surface area contributed by atoms with E-state index in [0.717, 1.165) is 18.7 Å². The molecule has 16 heavy (non-hydrogen) atoms. The molecule has 0 radical (unpaired) electrons. The fourth-order valence-electron chi connectivity index (χ4n) is 1.59. The number of nitrogens with two attached hydrogens (primary N) is 1. The zero-order chi connectivity index (χ0) is 12.1. The van der Waals surface area contributed by atoms with Gasteiger partial charge in [0.05, 0.1) is 10.6 Å². The minimum absolute atomic E-state index is 0.0311. The summed E-state index contributed by atoms with van der Waals surface area (Å²) in [5.74, 6) is 0.0311. The predicted molar refractivity (Wildman–Crippen MR) is 67.5 cm³/mol. The molecule has 0 heterocycles. The Balaban J connectivity index is 3.23. The van der Waals surface area contributed by atoms with E-state index < -0.39 is 0 Å². The van der Waals surface area contributed by atoms with Crippen LogP contribution in [0.5, 0.6) is 0 Å². The number of rotatable bonds is 4. The summed E-state index contributed by atoms with van der Waals surface area (Å²) in [5, 5.41) is 12.2. The molecule has 0 unspecified atom stereocenters. The van der Waals surface area contributed by atoms with Gasteiger partial charge < -0.3 is 15.8 Å². The van der Waals surface area contributed by atoms with E-state index in [1.807, 2.05) is 24.1 Å². The van der Waals surface area contributed by atoms with Gasteiger partial charge in [0.25, 0.3) is 0 Å². The third-order valence-corrected chi connectivity index (χ3v) is 2.64. The van der Waals surface area contributed by atoms with Crippen LogP contribution < -0.4 is 10.6 Å². The molecule has 0 amide bonds. The maximum absolute atomic E-state index is 8.73. The monoisotopic (exact) mass is 241 g/mol. The average Bonchev–Trinajstić information content (AvgIpc) is 2.28. The summed E-state index contributed by atoms with van der Waals surface area (Å²) in [6.07, 6.45) is 1.01. The van der Waals surface area contributed by atoms with E-state index in [-0.39, 0.29) is 5.84 Å². The van der Waals surface area contributed by atoms with Crippen molar-refractivity contribution >= 4 is 23.1 Å². The lowest BCUT2D eigenvalue weighted by Crippen LogP contribution is -2.23. The fourth-order valence-corrected chi connectivity index (χ4v) is 1.86. The predicted octanol–water partition coefficient (Wildman–Crippen LogP) is 2.28. The molecule has 0 saturated carbocycles. The van der Waals surface area contributed by atoms with Gasteiger partial charge in [-0.05, 0) is 18.6 Å². The normalized spacial score (nSPS) is 11.6. The quantitative estimate of drug-likeness (QED) is 0.368. The molecule has 1 aromatic rings. The van der Waals surface area contributed by atoms with E-state index in [9.17, 15) is 0 Å². The van der Waals surface area contributed by atoms with Crippen LogP contribution in [0, 0.1) is 0 Å². The first-order valence-corrected chi connectivity index (χ1v) is 5.47. The van der Waals surface area contributed by atoms with Crippen molar-refractivity contribution in [2.45, 2.75) is 13.3 Å². The Bertz CT molecular complexity index is 393. The van der Waals surface area contributed by atoms with Gasteiger partial charge in [0.1, 0.15) is 0 Å². The molecule has 0 atom stereocenters. The van der Waals surface area contributed by atoms with E-state index in [4.69, 9.17) is 22.5 Å². The lowest BCUT2D eigenvalue weighted by Gasteiger charge is -2.22. The first kappa shape index (κ1) is 12.6.